The Balaban J connectivity index is 1.79. The standard InChI is InChI=1S/C20H15N3O7S/c24-19(21-15-9-7-13(8-10-15)20(25)26)14-3-1-6-18(11-14)31(29,30)22-16-4-2-5-17(12-16)23(27)28/h1-12,22H,(H,21,24)(H,25,26). The molecule has 0 unspecified atom stereocenters. The second-order valence-electron chi connectivity index (χ2n) is 6.28. The molecule has 0 bridgehead atoms. The van der Waals surface area contributed by atoms with Crippen LogP contribution in [0.1, 0.15) is 20.7 Å². The summed E-state index contributed by atoms with van der Waals surface area (Å²) in [5, 5.41) is 22.3. The number of nitrogens with zero attached hydrogens (tertiary/aromatic N) is 1. The molecule has 0 saturated heterocycles. The topological polar surface area (TPSA) is 156 Å². The number of carbonyl (C=O) groups is 2. The van der Waals surface area contributed by atoms with Gasteiger partial charge in [-0.25, -0.2) is 13.2 Å². The van der Waals surface area contributed by atoms with Crippen molar-refractivity contribution >= 4 is 39.0 Å². The number of nitrogens with one attached hydrogen (secondary N) is 2. The van der Waals surface area contributed by atoms with Gasteiger partial charge in [0.25, 0.3) is 21.6 Å². The van der Waals surface area contributed by atoms with Crippen LogP contribution in [-0.4, -0.2) is 30.3 Å². The molecule has 10 nitrogen and oxygen atoms in total. The fourth-order valence-corrected chi connectivity index (χ4v) is 3.70. The Kier molecular flexibility index (Phi) is 5.97. The number of hydrogen-bond acceptors (Lipinski definition) is 6. The minimum Gasteiger partial charge on any atom is -0.478 e. The van der Waals surface area contributed by atoms with Crippen LogP contribution in [0.15, 0.2) is 77.7 Å². The van der Waals surface area contributed by atoms with Gasteiger partial charge in [0.15, 0.2) is 0 Å². The van der Waals surface area contributed by atoms with Gasteiger partial charge in [0, 0.05) is 23.4 Å². The number of carbonyl (C=O) groups excluding carboxylic acids is 1. The van der Waals surface area contributed by atoms with E-state index < -0.39 is 26.8 Å². The van der Waals surface area contributed by atoms with Crippen LogP contribution < -0.4 is 10.0 Å². The lowest BCUT2D eigenvalue weighted by molar-refractivity contribution is -0.384. The first-order valence-corrected chi connectivity index (χ1v) is 10.2. The zero-order valence-electron chi connectivity index (χ0n) is 15.7. The predicted molar refractivity (Wildman–Crippen MR) is 112 cm³/mol. The number of hydrogen-bond donors (Lipinski definition) is 3. The number of nitro groups is 1. The molecule has 0 radical (unpaired) electrons. The number of non-ortho nitro benzene ring substituents is 1. The van der Waals surface area contributed by atoms with Crippen molar-refractivity contribution in [1.82, 2.24) is 0 Å². The van der Waals surface area contributed by atoms with Crippen LogP contribution in [0.25, 0.3) is 0 Å². The number of benzene rings is 3. The van der Waals surface area contributed by atoms with E-state index in [0.717, 1.165) is 12.1 Å². The van der Waals surface area contributed by atoms with Crippen LogP contribution in [0.3, 0.4) is 0 Å². The summed E-state index contributed by atoms with van der Waals surface area (Å²) in [5.74, 6) is -1.71. The molecule has 0 aliphatic heterocycles. The summed E-state index contributed by atoms with van der Waals surface area (Å²) in [5.41, 5.74) is 0.158. The molecule has 3 N–H and O–H groups in total. The average Bonchev–Trinajstić information content (AvgIpc) is 2.74. The van der Waals surface area contributed by atoms with Crippen molar-refractivity contribution in [1.29, 1.82) is 0 Å². The van der Waals surface area contributed by atoms with Gasteiger partial charge in [0.2, 0.25) is 0 Å². The van der Waals surface area contributed by atoms with Crippen molar-refractivity contribution in [3.63, 3.8) is 0 Å². The lowest BCUT2D eigenvalue weighted by Crippen LogP contribution is -2.16. The highest BCUT2D eigenvalue weighted by molar-refractivity contribution is 7.92. The number of carboxylic acid groups (broad SMARTS) is 1. The molecule has 3 aromatic carbocycles. The van der Waals surface area contributed by atoms with Gasteiger partial charge in [-0.1, -0.05) is 12.1 Å². The monoisotopic (exact) mass is 441 g/mol. The number of carboxylic acids is 1. The molecule has 0 atom stereocenters. The van der Waals surface area contributed by atoms with E-state index in [4.69, 9.17) is 5.11 Å². The highest BCUT2D eigenvalue weighted by Crippen LogP contribution is 2.21. The minimum atomic E-state index is -4.12. The third kappa shape index (κ3) is 5.22. The largest absolute Gasteiger partial charge is 0.478 e. The van der Waals surface area contributed by atoms with E-state index in [1.165, 1.54) is 60.7 Å². The van der Waals surface area contributed by atoms with Gasteiger partial charge in [0.05, 0.1) is 21.1 Å². The second-order valence-corrected chi connectivity index (χ2v) is 7.96. The summed E-state index contributed by atoms with van der Waals surface area (Å²) in [6.07, 6.45) is 0. The Morgan fingerprint density at radius 1 is 0.871 bits per heavy atom. The van der Waals surface area contributed by atoms with Crippen LogP contribution in [0, 0.1) is 10.1 Å². The van der Waals surface area contributed by atoms with Gasteiger partial charge in [-0.05, 0) is 48.5 Å². The molecular weight excluding hydrogens is 426 g/mol. The van der Waals surface area contributed by atoms with Gasteiger partial charge in [0.1, 0.15) is 0 Å². The zero-order chi connectivity index (χ0) is 22.6. The van der Waals surface area contributed by atoms with Crippen molar-refractivity contribution in [2.24, 2.45) is 0 Å². The Morgan fingerprint density at radius 2 is 1.55 bits per heavy atom. The molecule has 31 heavy (non-hydrogen) atoms. The summed E-state index contributed by atoms with van der Waals surface area (Å²) < 4.78 is 27.5. The zero-order valence-corrected chi connectivity index (χ0v) is 16.5. The molecule has 0 aliphatic rings. The molecule has 3 aromatic rings. The second kappa shape index (κ2) is 8.63. The van der Waals surface area contributed by atoms with Crippen molar-refractivity contribution in [2.45, 2.75) is 4.90 Å². The molecule has 11 heteroatoms. The number of amides is 1. The van der Waals surface area contributed by atoms with Gasteiger partial charge < -0.3 is 10.4 Å². The maximum atomic E-state index is 12.6. The molecule has 0 spiro atoms. The number of nitro benzene ring substituents is 1. The van der Waals surface area contributed by atoms with Crippen LogP contribution in [0.5, 0.6) is 0 Å². The van der Waals surface area contributed by atoms with Gasteiger partial charge >= 0.3 is 5.97 Å². The maximum absolute atomic E-state index is 12.6. The third-order valence-corrected chi connectivity index (χ3v) is 5.48. The smallest absolute Gasteiger partial charge is 0.335 e. The molecule has 158 valence electrons. The van der Waals surface area contributed by atoms with Crippen LogP contribution in [0.2, 0.25) is 0 Å². The van der Waals surface area contributed by atoms with E-state index >= 15 is 0 Å². The highest BCUT2D eigenvalue weighted by atomic mass is 32.2. The van der Waals surface area contributed by atoms with E-state index in [-0.39, 0.29) is 27.4 Å². The van der Waals surface area contributed by atoms with Gasteiger partial charge in [-0.15, -0.1) is 0 Å². The van der Waals surface area contributed by atoms with Crippen molar-refractivity contribution < 1.29 is 28.0 Å². The van der Waals surface area contributed by atoms with E-state index in [0.29, 0.717) is 5.69 Å². The maximum Gasteiger partial charge on any atom is 0.335 e. The molecule has 0 aliphatic carbocycles. The third-order valence-electron chi connectivity index (χ3n) is 4.11. The summed E-state index contributed by atoms with van der Waals surface area (Å²) >= 11 is 0. The van der Waals surface area contributed by atoms with Crippen molar-refractivity contribution in [2.75, 3.05) is 10.0 Å². The predicted octanol–water partition coefficient (Wildman–Crippen LogP) is 3.35. The summed E-state index contributed by atoms with van der Waals surface area (Å²) in [4.78, 5) is 33.4. The Hall–Kier alpha value is -4.25. The molecule has 1 amide bonds. The molecule has 0 heterocycles. The Bertz CT molecular complexity index is 1270. The quantitative estimate of drug-likeness (QED) is 0.375. The lowest BCUT2D eigenvalue weighted by atomic mass is 10.2. The van der Waals surface area contributed by atoms with E-state index in [1.54, 1.807) is 0 Å². The first-order valence-electron chi connectivity index (χ1n) is 8.68. The van der Waals surface area contributed by atoms with Gasteiger partial charge in [-0.2, -0.15) is 0 Å². The first-order chi connectivity index (χ1) is 14.7. The minimum absolute atomic E-state index is 0.00238. The summed E-state index contributed by atoms with van der Waals surface area (Å²) in [7, 11) is -4.12. The number of anilines is 2. The highest BCUT2D eigenvalue weighted by Gasteiger charge is 2.18. The SMILES string of the molecule is O=C(O)c1ccc(NC(=O)c2cccc(S(=O)(=O)Nc3cccc([N+](=O)[O-])c3)c2)cc1. The van der Waals surface area contributed by atoms with Crippen LogP contribution in [0.4, 0.5) is 17.1 Å². The van der Waals surface area contributed by atoms with E-state index in [2.05, 4.69) is 10.0 Å². The normalized spacial score (nSPS) is 10.8. The lowest BCUT2D eigenvalue weighted by Gasteiger charge is -2.10. The fraction of sp³-hybridized carbons (Fsp3) is 0. The van der Waals surface area contributed by atoms with Crippen molar-refractivity contribution in [3.8, 4) is 0 Å². The average molecular weight is 441 g/mol. The molecular formula is C20H15N3O7S. The fourth-order valence-electron chi connectivity index (χ4n) is 2.60. The first kappa shape index (κ1) is 21.5. The molecule has 0 fully saturated rings. The van der Waals surface area contributed by atoms with Crippen molar-refractivity contribution in [3.05, 3.63) is 94.0 Å². The molecule has 3 rings (SSSR count). The number of aromatic carboxylic acids is 1. The molecule has 0 saturated carbocycles. The van der Waals surface area contributed by atoms with Crippen LogP contribution >= 0.6 is 0 Å². The molecule has 0 aromatic heterocycles. The number of sulfonamides is 1. The summed E-state index contributed by atoms with van der Waals surface area (Å²) in [6, 6.07) is 15.7. The Morgan fingerprint density at radius 3 is 2.19 bits per heavy atom. The summed E-state index contributed by atoms with van der Waals surface area (Å²) in [6.45, 7) is 0. The Labute approximate surface area is 176 Å². The van der Waals surface area contributed by atoms with E-state index in [9.17, 15) is 28.1 Å². The number of rotatable bonds is 7. The van der Waals surface area contributed by atoms with Gasteiger partial charge in [-0.3, -0.25) is 19.6 Å². The van der Waals surface area contributed by atoms with E-state index in [1.807, 2.05) is 0 Å². The van der Waals surface area contributed by atoms with Crippen LogP contribution in [-0.2, 0) is 10.0 Å².